The van der Waals surface area contributed by atoms with Crippen LogP contribution in [0.3, 0.4) is 0 Å². The van der Waals surface area contributed by atoms with Crippen LogP contribution in [0.1, 0.15) is 45.6 Å². The molecule has 0 radical (unpaired) electrons. The SMILES string of the molecule is COC1C[C@H]2[C@H](CC(=CO[Si](C)(C)C)[C@@H]2C=CC(CCc2ccccc2)O[Si](C)(C)C(C)(C)C)O1. The molecule has 4 nitrogen and oxygen atoms in total. The van der Waals surface area contributed by atoms with Crippen LogP contribution in [0.25, 0.3) is 0 Å². The van der Waals surface area contributed by atoms with Crippen LogP contribution in [0.15, 0.2) is 54.3 Å². The second kappa shape index (κ2) is 11.5. The Kier molecular flexibility index (Phi) is 9.30. The molecule has 1 saturated heterocycles. The summed E-state index contributed by atoms with van der Waals surface area (Å²) < 4.78 is 24.9. The van der Waals surface area contributed by atoms with Gasteiger partial charge in [0.2, 0.25) is 8.32 Å². The molecule has 1 saturated carbocycles. The summed E-state index contributed by atoms with van der Waals surface area (Å²) in [5, 5.41) is 0.172. The largest absolute Gasteiger partial charge is 0.550 e. The van der Waals surface area contributed by atoms with Crippen molar-refractivity contribution < 1.29 is 18.3 Å². The maximum atomic E-state index is 6.94. The fourth-order valence-electron chi connectivity index (χ4n) is 4.69. The Hall–Kier alpha value is -1.19. The third-order valence-corrected chi connectivity index (χ3v) is 13.1. The van der Waals surface area contributed by atoms with Crippen LogP contribution >= 0.6 is 0 Å². The molecule has 3 rings (SSSR count). The van der Waals surface area contributed by atoms with E-state index >= 15 is 0 Å². The van der Waals surface area contributed by atoms with Gasteiger partial charge in [0.15, 0.2) is 14.6 Å². The molecule has 196 valence electrons. The van der Waals surface area contributed by atoms with Crippen molar-refractivity contribution in [2.24, 2.45) is 11.8 Å². The molecule has 6 heteroatoms. The van der Waals surface area contributed by atoms with Crippen LogP contribution in [-0.2, 0) is 24.7 Å². The minimum Gasteiger partial charge on any atom is -0.550 e. The summed E-state index contributed by atoms with van der Waals surface area (Å²) in [7, 11) is -1.81. The molecule has 1 aromatic rings. The molecule has 2 unspecified atom stereocenters. The molecule has 2 aliphatic rings. The number of aryl methyl sites for hydroxylation is 1. The smallest absolute Gasteiger partial charge is 0.241 e. The predicted molar refractivity (Wildman–Crippen MR) is 150 cm³/mol. The van der Waals surface area contributed by atoms with Crippen molar-refractivity contribution >= 4 is 16.6 Å². The molecule has 2 fully saturated rings. The molecule has 35 heavy (non-hydrogen) atoms. The fraction of sp³-hybridized carbons (Fsp3) is 0.655. The van der Waals surface area contributed by atoms with Gasteiger partial charge in [0.05, 0.1) is 18.5 Å². The van der Waals surface area contributed by atoms with Gasteiger partial charge in [-0.3, -0.25) is 0 Å². The fourth-order valence-corrected chi connectivity index (χ4v) is 6.50. The monoisotopic (exact) mass is 516 g/mol. The molecular formula is C29H48O4Si2. The van der Waals surface area contributed by atoms with Crippen molar-refractivity contribution in [1.29, 1.82) is 0 Å². The summed E-state index contributed by atoms with van der Waals surface area (Å²) in [4.78, 5) is 0. The number of hydrogen-bond acceptors (Lipinski definition) is 4. The van der Waals surface area contributed by atoms with E-state index in [-0.39, 0.29) is 23.5 Å². The maximum absolute atomic E-state index is 6.94. The summed E-state index contributed by atoms with van der Waals surface area (Å²) in [5.74, 6) is 0.731. The predicted octanol–water partition coefficient (Wildman–Crippen LogP) is 7.70. The van der Waals surface area contributed by atoms with Crippen molar-refractivity contribution in [1.82, 2.24) is 0 Å². The summed E-state index contributed by atoms with van der Waals surface area (Å²) in [6, 6.07) is 10.7. The van der Waals surface area contributed by atoms with E-state index in [2.05, 4.69) is 102 Å². The van der Waals surface area contributed by atoms with Crippen LogP contribution in [-0.4, -0.2) is 42.2 Å². The maximum Gasteiger partial charge on any atom is 0.241 e. The molecule has 1 aromatic carbocycles. The highest BCUT2D eigenvalue weighted by Crippen LogP contribution is 2.47. The zero-order chi connectivity index (χ0) is 25.9. The molecule has 1 heterocycles. The van der Waals surface area contributed by atoms with Crippen LogP contribution in [0.5, 0.6) is 0 Å². The Morgan fingerprint density at radius 1 is 1.09 bits per heavy atom. The van der Waals surface area contributed by atoms with Gasteiger partial charge >= 0.3 is 0 Å². The lowest BCUT2D eigenvalue weighted by Gasteiger charge is -2.38. The van der Waals surface area contributed by atoms with Gasteiger partial charge in [-0.1, -0.05) is 63.3 Å². The first-order valence-electron chi connectivity index (χ1n) is 13.2. The molecule has 1 aliphatic carbocycles. The summed E-state index contributed by atoms with van der Waals surface area (Å²) in [6.07, 6.45) is 10.8. The molecule has 5 atom stereocenters. The molecule has 0 bridgehead atoms. The first-order valence-corrected chi connectivity index (χ1v) is 19.6. The molecule has 0 aromatic heterocycles. The van der Waals surface area contributed by atoms with Gasteiger partial charge < -0.3 is 18.3 Å². The van der Waals surface area contributed by atoms with E-state index in [1.807, 2.05) is 0 Å². The van der Waals surface area contributed by atoms with Crippen molar-refractivity contribution in [3.8, 4) is 0 Å². The van der Waals surface area contributed by atoms with Gasteiger partial charge in [0, 0.05) is 25.4 Å². The normalized spacial score (nSPS) is 27.5. The number of ether oxygens (including phenoxy) is 2. The number of allylic oxidation sites excluding steroid dienone is 1. The lowest BCUT2D eigenvalue weighted by molar-refractivity contribution is -0.113. The third-order valence-electron chi connectivity index (χ3n) is 7.77. The molecule has 1 aliphatic heterocycles. The summed E-state index contributed by atoms with van der Waals surface area (Å²) in [5.41, 5.74) is 2.71. The minimum atomic E-state index is -1.91. The van der Waals surface area contributed by atoms with Gasteiger partial charge in [0.1, 0.15) is 0 Å². The highest BCUT2D eigenvalue weighted by Gasteiger charge is 2.46. The van der Waals surface area contributed by atoms with E-state index in [9.17, 15) is 0 Å². The van der Waals surface area contributed by atoms with E-state index in [1.165, 1.54) is 11.1 Å². The van der Waals surface area contributed by atoms with Crippen LogP contribution in [0.4, 0.5) is 0 Å². The zero-order valence-corrected chi connectivity index (χ0v) is 25.5. The Bertz CT molecular complexity index is 867. The first-order chi connectivity index (χ1) is 16.3. The van der Waals surface area contributed by atoms with Crippen LogP contribution in [0.2, 0.25) is 37.8 Å². The Labute approximate surface area is 216 Å². The number of hydrogen-bond donors (Lipinski definition) is 0. The second-order valence-electron chi connectivity index (χ2n) is 12.7. The van der Waals surface area contributed by atoms with E-state index in [1.54, 1.807) is 7.11 Å². The summed E-state index contributed by atoms with van der Waals surface area (Å²) >= 11 is 0. The number of methoxy groups -OCH3 is 1. The summed E-state index contributed by atoms with van der Waals surface area (Å²) in [6.45, 7) is 18.3. The Morgan fingerprint density at radius 2 is 1.77 bits per heavy atom. The topological polar surface area (TPSA) is 36.9 Å². The number of benzene rings is 1. The van der Waals surface area contributed by atoms with Crippen molar-refractivity contribution in [2.45, 2.75) is 103 Å². The molecular weight excluding hydrogens is 468 g/mol. The zero-order valence-electron chi connectivity index (χ0n) is 23.5. The highest BCUT2D eigenvalue weighted by atomic mass is 28.4. The second-order valence-corrected chi connectivity index (χ2v) is 21.9. The highest BCUT2D eigenvalue weighted by molar-refractivity contribution is 6.74. The average Bonchev–Trinajstić information content (AvgIpc) is 3.31. The standard InChI is InChI=1S/C29H48O4Si2/c1-29(2,3)35(8,9)33-24(16-15-22-13-11-10-12-14-22)17-18-25-23(21-31-34(5,6)7)19-27-26(25)20-28(30-4)32-27/h10-14,17-18,21,24-28H,15-16,19-20H2,1-9H3/t24?,25-,26+,27-,28?/m0/s1. The van der Waals surface area contributed by atoms with Crippen LogP contribution < -0.4 is 0 Å². The lowest BCUT2D eigenvalue weighted by Crippen LogP contribution is -2.43. The lowest BCUT2D eigenvalue weighted by atomic mass is 9.90. The van der Waals surface area contributed by atoms with E-state index in [0.29, 0.717) is 11.8 Å². The van der Waals surface area contributed by atoms with Gasteiger partial charge in [0.25, 0.3) is 0 Å². The van der Waals surface area contributed by atoms with Gasteiger partial charge in [-0.05, 0) is 68.2 Å². The van der Waals surface area contributed by atoms with E-state index in [4.69, 9.17) is 18.3 Å². The minimum absolute atomic E-state index is 0.0925. The van der Waals surface area contributed by atoms with Crippen LogP contribution in [0, 0.1) is 11.8 Å². The van der Waals surface area contributed by atoms with Gasteiger partial charge in [-0.2, -0.15) is 0 Å². The van der Waals surface area contributed by atoms with Crippen molar-refractivity contribution in [3.05, 3.63) is 59.9 Å². The first kappa shape index (κ1) is 28.4. The third kappa shape index (κ3) is 7.90. The van der Waals surface area contributed by atoms with Gasteiger partial charge in [-0.15, -0.1) is 0 Å². The van der Waals surface area contributed by atoms with E-state index in [0.717, 1.165) is 25.7 Å². The quantitative estimate of drug-likeness (QED) is 0.181. The van der Waals surface area contributed by atoms with E-state index < -0.39 is 16.6 Å². The molecule has 0 N–H and O–H groups in total. The molecule has 0 spiro atoms. The average molecular weight is 517 g/mol. The van der Waals surface area contributed by atoms with Crippen molar-refractivity contribution in [2.75, 3.05) is 7.11 Å². The Morgan fingerprint density at radius 3 is 2.37 bits per heavy atom. The Balaban J connectivity index is 1.83. The number of rotatable bonds is 10. The van der Waals surface area contributed by atoms with Gasteiger partial charge in [-0.25, -0.2) is 0 Å². The van der Waals surface area contributed by atoms with Crippen molar-refractivity contribution in [3.63, 3.8) is 0 Å². The number of fused-ring (bicyclic) bond motifs is 1. The molecule has 0 amide bonds.